The molecule has 0 saturated carbocycles. The average Bonchev–Trinajstić information content (AvgIpc) is 2.72. The molecule has 0 amide bonds. The Morgan fingerprint density at radius 2 is 2.30 bits per heavy atom. The number of rotatable bonds is 4. The van der Waals surface area contributed by atoms with Gasteiger partial charge in [0.25, 0.3) is 5.56 Å². The second-order valence-electron chi connectivity index (χ2n) is 4.44. The summed E-state index contributed by atoms with van der Waals surface area (Å²) < 4.78 is 21.5. The van der Waals surface area contributed by atoms with Crippen LogP contribution in [0.3, 0.4) is 0 Å². The molecule has 4 atom stereocenters. The van der Waals surface area contributed by atoms with Gasteiger partial charge in [-0.1, -0.05) is 0 Å². The average molecular weight is 305 g/mol. The molecule has 0 spiro atoms. The standard InChI is InChI=1S/C10H13N2O7P/c1-5-3-12(10(15)11-9(5)14)8-2-6(13)7(19-8)4-18-20(16)17/h3,6-8,13H,2,4H2,1H3,(H-,11,14,15,16,17)/p+1/t6-,7+,8?/m0/s1. The Morgan fingerprint density at radius 3 is 2.95 bits per heavy atom. The predicted octanol–water partition coefficient (Wildman–Crippen LogP) is -0.840. The molecule has 9 nitrogen and oxygen atoms in total. The van der Waals surface area contributed by atoms with Crippen LogP contribution in [-0.2, 0) is 13.8 Å². The SMILES string of the molecule is Cc1cn(C2C[C@H](O)[C@@H](CO[P+](=O)O)O2)c(=O)[nH]c1=O. The van der Waals surface area contributed by atoms with E-state index in [0.717, 1.165) is 0 Å². The molecule has 1 aromatic rings. The van der Waals surface area contributed by atoms with Crippen molar-refractivity contribution in [3.8, 4) is 0 Å². The third-order valence-electron chi connectivity index (χ3n) is 3.01. The molecule has 3 N–H and O–H groups in total. The molecule has 1 fully saturated rings. The Kier molecular flexibility index (Phi) is 4.46. The first-order valence-corrected chi connectivity index (χ1v) is 6.96. The highest BCUT2D eigenvalue weighted by molar-refractivity contribution is 7.32. The smallest absolute Gasteiger partial charge is 0.390 e. The van der Waals surface area contributed by atoms with Crippen LogP contribution >= 0.6 is 8.25 Å². The quantitative estimate of drug-likeness (QED) is 0.618. The van der Waals surface area contributed by atoms with Crippen LogP contribution in [0.2, 0.25) is 0 Å². The van der Waals surface area contributed by atoms with E-state index in [1.165, 1.54) is 17.7 Å². The molecule has 0 aliphatic carbocycles. The number of nitrogens with zero attached hydrogens (tertiary/aromatic N) is 1. The van der Waals surface area contributed by atoms with Gasteiger partial charge in [0.05, 0.1) is 6.10 Å². The molecule has 1 aliphatic heterocycles. The maximum absolute atomic E-state index is 11.7. The fourth-order valence-electron chi connectivity index (χ4n) is 1.97. The Labute approximate surface area is 113 Å². The fourth-order valence-corrected chi connectivity index (χ4v) is 2.25. The number of aryl methyl sites for hydroxylation is 1. The number of ether oxygens (including phenoxy) is 1. The van der Waals surface area contributed by atoms with Gasteiger partial charge in [0.2, 0.25) is 0 Å². The molecule has 0 bridgehead atoms. The second kappa shape index (κ2) is 5.94. The van der Waals surface area contributed by atoms with Crippen LogP contribution in [0.4, 0.5) is 0 Å². The van der Waals surface area contributed by atoms with E-state index in [2.05, 4.69) is 9.51 Å². The number of hydrogen-bond acceptors (Lipinski definition) is 6. The lowest BCUT2D eigenvalue weighted by atomic mass is 10.2. The number of aromatic amines is 1. The summed E-state index contributed by atoms with van der Waals surface area (Å²) >= 11 is 0. The molecular formula is C10H14N2O7P+. The van der Waals surface area contributed by atoms with E-state index in [4.69, 9.17) is 9.63 Å². The number of aliphatic hydroxyl groups excluding tert-OH is 1. The number of nitrogens with one attached hydrogen (secondary N) is 1. The van der Waals surface area contributed by atoms with E-state index in [9.17, 15) is 19.3 Å². The van der Waals surface area contributed by atoms with Gasteiger partial charge >= 0.3 is 13.9 Å². The topological polar surface area (TPSA) is 131 Å². The van der Waals surface area contributed by atoms with Crippen molar-refractivity contribution >= 4 is 8.25 Å². The van der Waals surface area contributed by atoms with E-state index in [1.54, 1.807) is 0 Å². The zero-order valence-electron chi connectivity index (χ0n) is 10.6. The summed E-state index contributed by atoms with van der Waals surface area (Å²) in [5.41, 5.74) is -0.796. The molecule has 2 rings (SSSR count). The molecule has 1 saturated heterocycles. The van der Waals surface area contributed by atoms with Crippen molar-refractivity contribution in [2.24, 2.45) is 0 Å². The van der Waals surface area contributed by atoms with E-state index in [0.29, 0.717) is 5.56 Å². The highest BCUT2D eigenvalue weighted by atomic mass is 31.1. The van der Waals surface area contributed by atoms with Crippen LogP contribution in [0.15, 0.2) is 15.8 Å². The van der Waals surface area contributed by atoms with Crippen LogP contribution in [0, 0.1) is 6.92 Å². The summed E-state index contributed by atoms with van der Waals surface area (Å²) in [6, 6.07) is 0. The molecule has 0 radical (unpaired) electrons. The molecule has 110 valence electrons. The minimum absolute atomic E-state index is 0.113. The Morgan fingerprint density at radius 1 is 1.60 bits per heavy atom. The van der Waals surface area contributed by atoms with E-state index >= 15 is 0 Å². The lowest BCUT2D eigenvalue weighted by molar-refractivity contribution is -0.0413. The lowest BCUT2D eigenvalue weighted by Gasteiger charge is -2.14. The highest BCUT2D eigenvalue weighted by Crippen LogP contribution is 2.29. The number of H-pyrrole nitrogens is 1. The van der Waals surface area contributed by atoms with Crippen molar-refractivity contribution in [2.75, 3.05) is 6.61 Å². The van der Waals surface area contributed by atoms with Crippen molar-refractivity contribution in [2.45, 2.75) is 31.8 Å². The maximum Gasteiger partial charge on any atom is 0.694 e. The number of hydrogen-bond donors (Lipinski definition) is 3. The van der Waals surface area contributed by atoms with Gasteiger partial charge in [-0.15, -0.1) is 9.42 Å². The summed E-state index contributed by atoms with van der Waals surface area (Å²) in [6.07, 6.45) is -1.06. The molecule has 20 heavy (non-hydrogen) atoms. The molecule has 1 aliphatic rings. The monoisotopic (exact) mass is 305 g/mol. The van der Waals surface area contributed by atoms with Gasteiger partial charge in [-0.05, 0) is 6.92 Å². The summed E-state index contributed by atoms with van der Waals surface area (Å²) in [5.74, 6) is 0. The number of aliphatic hydroxyl groups is 1. The minimum atomic E-state index is -2.78. The van der Waals surface area contributed by atoms with Crippen molar-refractivity contribution in [3.05, 3.63) is 32.6 Å². The summed E-state index contributed by atoms with van der Waals surface area (Å²) in [7, 11) is -2.78. The van der Waals surface area contributed by atoms with Gasteiger partial charge in [-0.2, -0.15) is 0 Å². The summed E-state index contributed by atoms with van der Waals surface area (Å²) in [4.78, 5) is 33.6. The molecule has 1 aromatic heterocycles. The Hall–Kier alpha value is -1.38. The summed E-state index contributed by atoms with van der Waals surface area (Å²) in [5, 5.41) is 9.78. The van der Waals surface area contributed by atoms with E-state index in [1.807, 2.05) is 0 Å². The third kappa shape index (κ3) is 3.20. The van der Waals surface area contributed by atoms with Gasteiger partial charge in [0.15, 0.2) is 0 Å². The lowest BCUT2D eigenvalue weighted by Crippen LogP contribution is -2.33. The van der Waals surface area contributed by atoms with Gasteiger partial charge in [-0.25, -0.2) is 4.79 Å². The van der Waals surface area contributed by atoms with Crippen molar-refractivity contribution in [3.63, 3.8) is 0 Å². The van der Waals surface area contributed by atoms with Gasteiger partial charge in [0, 0.05) is 22.7 Å². The fraction of sp³-hybridized carbons (Fsp3) is 0.600. The number of aromatic nitrogens is 2. The Balaban J connectivity index is 2.16. The molecule has 10 heteroatoms. The van der Waals surface area contributed by atoms with Crippen LogP contribution in [0.5, 0.6) is 0 Å². The largest absolute Gasteiger partial charge is 0.694 e. The van der Waals surface area contributed by atoms with E-state index in [-0.39, 0.29) is 13.0 Å². The van der Waals surface area contributed by atoms with Crippen LogP contribution in [-0.4, -0.2) is 38.4 Å². The zero-order valence-corrected chi connectivity index (χ0v) is 11.4. The van der Waals surface area contributed by atoms with Crippen molar-refractivity contribution in [1.82, 2.24) is 9.55 Å². The molecular weight excluding hydrogens is 291 g/mol. The summed E-state index contributed by atoms with van der Waals surface area (Å²) in [6.45, 7) is 1.28. The first-order valence-electron chi connectivity index (χ1n) is 5.83. The minimum Gasteiger partial charge on any atom is -0.390 e. The van der Waals surface area contributed by atoms with Gasteiger partial charge in [0.1, 0.15) is 18.9 Å². The molecule has 2 heterocycles. The van der Waals surface area contributed by atoms with Crippen molar-refractivity contribution < 1.29 is 23.8 Å². The van der Waals surface area contributed by atoms with Crippen molar-refractivity contribution in [1.29, 1.82) is 0 Å². The van der Waals surface area contributed by atoms with E-state index < -0.39 is 37.9 Å². The van der Waals surface area contributed by atoms with Crippen LogP contribution in [0.25, 0.3) is 0 Å². The molecule has 2 unspecified atom stereocenters. The predicted molar refractivity (Wildman–Crippen MR) is 66.4 cm³/mol. The first-order chi connectivity index (χ1) is 9.38. The first kappa shape index (κ1) is 15.0. The van der Waals surface area contributed by atoms with Crippen LogP contribution < -0.4 is 11.2 Å². The molecule has 0 aromatic carbocycles. The highest BCUT2D eigenvalue weighted by Gasteiger charge is 2.37. The van der Waals surface area contributed by atoms with Crippen LogP contribution in [0.1, 0.15) is 18.2 Å². The maximum atomic E-state index is 11.7. The normalized spacial score (nSPS) is 26.8. The van der Waals surface area contributed by atoms with Gasteiger partial charge in [-0.3, -0.25) is 14.3 Å². The van der Waals surface area contributed by atoms with Gasteiger partial charge < -0.3 is 9.84 Å². The Bertz CT molecular complexity index is 625. The zero-order chi connectivity index (χ0) is 14.9. The third-order valence-corrected chi connectivity index (χ3v) is 3.38. The second-order valence-corrected chi connectivity index (χ2v) is 5.18.